The number of rotatable bonds is 7. The molecule has 0 unspecified atom stereocenters. The molecule has 0 aliphatic carbocycles. The SMILES string of the molecule is Cc1ccc(-c2n[nH]c(=S)n2CCC(=O)N[C@H](C)[C@H](O)c2ccc(F)cc2)cc1. The second kappa shape index (κ2) is 9.11. The molecule has 3 aromatic rings. The van der Waals surface area contributed by atoms with Gasteiger partial charge in [0.2, 0.25) is 5.91 Å². The number of carbonyl (C=O) groups excluding carboxylic acids is 1. The van der Waals surface area contributed by atoms with E-state index in [2.05, 4.69) is 15.5 Å². The molecule has 2 aromatic carbocycles. The van der Waals surface area contributed by atoms with Gasteiger partial charge in [0.05, 0.1) is 12.1 Å². The zero-order chi connectivity index (χ0) is 21.0. The summed E-state index contributed by atoms with van der Waals surface area (Å²) in [6, 6.07) is 12.9. The van der Waals surface area contributed by atoms with Crippen LogP contribution >= 0.6 is 12.2 Å². The Kier molecular flexibility index (Phi) is 6.56. The topological polar surface area (TPSA) is 82.9 Å². The van der Waals surface area contributed by atoms with Gasteiger partial charge in [-0.2, -0.15) is 5.10 Å². The first-order valence-corrected chi connectivity index (χ1v) is 9.71. The van der Waals surface area contributed by atoms with Crippen LogP contribution in [0.4, 0.5) is 4.39 Å². The van der Waals surface area contributed by atoms with Gasteiger partial charge >= 0.3 is 0 Å². The molecule has 2 atom stereocenters. The molecule has 3 N–H and O–H groups in total. The summed E-state index contributed by atoms with van der Waals surface area (Å²) in [7, 11) is 0. The van der Waals surface area contributed by atoms with Gasteiger partial charge in [-0.25, -0.2) is 4.39 Å². The van der Waals surface area contributed by atoms with Crippen molar-refractivity contribution in [3.63, 3.8) is 0 Å². The van der Waals surface area contributed by atoms with Crippen molar-refractivity contribution in [3.8, 4) is 11.4 Å². The van der Waals surface area contributed by atoms with Gasteiger partial charge in [-0.3, -0.25) is 14.5 Å². The van der Waals surface area contributed by atoms with Crippen LogP contribution in [0.5, 0.6) is 0 Å². The Hall–Kier alpha value is -2.84. The molecule has 0 fully saturated rings. The summed E-state index contributed by atoms with van der Waals surface area (Å²) in [6.45, 7) is 4.06. The second-order valence-corrected chi connectivity index (χ2v) is 7.36. The smallest absolute Gasteiger partial charge is 0.222 e. The molecule has 1 aromatic heterocycles. The Morgan fingerprint density at radius 3 is 2.55 bits per heavy atom. The number of nitrogens with one attached hydrogen (secondary N) is 2. The monoisotopic (exact) mass is 414 g/mol. The van der Waals surface area contributed by atoms with Crippen molar-refractivity contribution in [2.24, 2.45) is 0 Å². The van der Waals surface area contributed by atoms with Crippen LogP contribution in [0.3, 0.4) is 0 Å². The van der Waals surface area contributed by atoms with Crippen molar-refractivity contribution in [1.29, 1.82) is 0 Å². The van der Waals surface area contributed by atoms with Crippen LogP contribution in [-0.2, 0) is 11.3 Å². The Bertz CT molecular complexity index is 1030. The predicted molar refractivity (Wildman–Crippen MR) is 111 cm³/mol. The lowest BCUT2D eigenvalue weighted by atomic mass is 10.0. The fraction of sp³-hybridized carbons (Fsp3) is 0.286. The third-order valence-corrected chi connectivity index (χ3v) is 5.02. The summed E-state index contributed by atoms with van der Waals surface area (Å²) in [5, 5.41) is 20.2. The first-order valence-electron chi connectivity index (χ1n) is 9.30. The molecule has 0 bridgehead atoms. The van der Waals surface area contributed by atoms with Crippen LogP contribution in [0.1, 0.15) is 30.6 Å². The average molecular weight is 415 g/mol. The maximum Gasteiger partial charge on any atom is 0.222 e. The zero-order valence-electron chi connectivity index (χ0n) is 16.2. The minimum absolute atomic E-state index is 0.174. The highest BCUT2D eigenvalue weighted by Gasteiger charge is 2.19. The molecule has 3 rings (SSSR count). The summed E-state index contributed by atoms with van der Waals surface area (Å²) < 4.78 is 15.3. The Morgan fingerprint density at radius 2 is 1.90 bits per heavy atom. The molecular weight excluding hydrogens is 391 g/mol. The van der Waals surface area contributed by atoms with E-state index in [9.17, 15) is 14.3 Å². The lowest BCUT2D eigenvalue weighted by Gasteiger charge is -2.20. The average Bonchev–Trinajstić information content (AvgIpc) is 3.07. The highest BCUT2D eigenvalue weighted by molar-refractivity contribution is 7.71. The van der Waals surface area contributed by atoms with Gasteiger partial charge in [-0.1, -0.05) is 42.0 Å². The number of H-pyrrole nitrogens is 1. The maximum atomic E-state index is 13.0. The lowest BCUT2D eigenvalue weighted by molar-refractivity contribution is -0.122. The number of hydrogen-bond donors (Lipinski definition) is 3. The first-order chi connectivity index (χ1) is 13.8. The van der Waals surface area contributed by atoms with Gasteiger partial charge in [-0.05, 0) is 43.8 Å². The van der Waals surface area contributed by atoms with E-state index in [-0.39, 0.29) is 18.1 Å². The summed E-state index contributed by atoms with van der Waals surface area (Å²) in [6.07, 6.45) is -0.758. The van der Waals surface area contributed by atoms with E-state index in [0.717, 1.165) is 11.1 Å². The van der Waals surface area contributed by atoms with Gasteiger partial charge in [-0.15, -0.1) is 0 Å². The van der Waals surface area contributed by atoms with Gasteiger partial charge in [0.1, 0.15) is 5.82 Å². The Morgan fingerprint density at radius 1 is 1.24 bits per heavy atom. The molecule has 0 aliphatic rings. The van der Waals surface area contributed by atoms with E-state index in [1.165, 1.54) is 24.3 Å². The molecule has 1 amide bonds. The second-order valence-electron chi connectivity index (χ2n) is 6.97. The molecule has 8 heteroatoms. The minimum atomic E-state index is -0.932. The summed E-state index contributed by atoms with van der Waals surface area (Å²) in [5.41, 5.74) is 2.59. The zero-order valence-corrected chi connectivity index (χ0v) is 17.0. The van der Waals surface area contributed by atoms with Crippen LogP contribution in [0.2, 0.25) is 0 Å². The summed E-state index contributed by atoms with van der Waals surface area (Å²) in [5.74, 6) is 0.0673. The van der Waals surface area contributed by atoms with Crippen molar-refractivity contribution in [2.75, 3.05) is 0 Å². The highest BCUT2D eigenvalue weighted by atomic mass is 32.1. The van der Waals surface area contributed by atoms with Gasteiger partial charge < -0.3 is 10.4 Å². The Balaban J connectivity index is 1.62. The van der Waals surface area contributed by atoms with E-state index in [1.807, 2.05) is 31.2 Å². The van der Waals surface area contributed by atoms with Crippen molar-refractivity contribution in [2.45, 2.75) is 39.0 Å². The van der Waals surface area contributed by atoms with E-state index < -0.39 is 12.1 Å². The van der Waals surface area contributed by atoms with E-state index in [0.29, 0.717) is 22.7 Å². The van der Waals surface area contributed by atoms with Crippen molar-refractivity contribution in [1.82, 2.24) is 20.1 Å². The van der Waals surface area contributed by atoms with E-state index in [1.54, 1.807) is 11.5 Å². The van der Waals surface area contributed by atoms with Gasteiger partial charge in [0.25, 0.3) is 0 Å². The minimum Gasteiger partial charge on any atom is -0.386 e. The number of halogens is 1. The molecule has 0 saturated heterocycles. The molecule has 152 valence electrons. The number of aliphatic hydroxyl groups is 1. The quantitative estimate of drug-likeness (QED) is 0.515. The molecule has 29 heavy (non-hydrogen) atoms. The molecule has 0 spiro atoms. The number of carbonyl (C=O) groups is 1. The fourth-order valence-electron chi connectivity index (χ4n) is 3.02. The number of nitrogens with zero attached hydrogens (tertiary/aromatic N) is 2. The van der Waals surface area contributed by atoms with Crippen molar-refractivity contribution < 1.29 is 14.3 Å². The number of aryl methyl sites for hydroxylation is 1. The summed E-state index contributed by atoms with van der Waals surface area (Å²) in [4.78, 5) is 12.4. The normalized spacial score (nSPS) is 13.1. The van der Waals surface area contributed by atoms with Crippen LogP contribution in [0.25, 0.3) is 11.4 Å². The predicted octanol–water partition coefficient (Wildman–Crippen LogP) is 3.68. The van der Waals surface area contributed by atoms with Crippen molar-refractivity contribution in [3.05, 3.63) is 70.2 Å². The fourth-order valence-corrected chi connectivity index (χ4v) is 3.24. The Labute approximate surface area is 173 Å². The number of aromatic nitrogens is 3. The van der Waals surface area contributed by atoms with E-state index >= 15 is 0 Å². The molecule has 0 radical (unpaired) electrons. The number of aromatic amines is 1. The van der Waals surface area contributed by atoms with Crippen LogP contribution in [0, 0.1) is 17.5 Å². The largest absolute Gasteiger partial charge is 0.386 e. The molecule has 0 saturated carbocycles. The van der Waals surface area contributed by atoms with E-state index in [4.69, 9.17) is 12.2 Å². The number of amides is 1. The van der Waals surface area contributed by atoms with Gasteiger partial charge in [0, 0.05) is 18.5 Å². The van der Waals surface area contributed by atoms with Crippen LogP contribution in [-0.4, -0.2) is 31.8 Å². The number of aliphatic hydroxyl groups excluding tert-OH is 1. The number of hydrogen-bond acceptors (Lipinski definition) is 4. The molecule has 1 heterocycles. The third-order valence-electron chi connectivity index (χ3n) is 4.70. The summed E-state index contributed by atoms with van der Waals surface area (Å²) >= 11 is 5.30. The first kappa shape index (κ1) is 20.9. The molecule has 0 aliphatic heterocycles. The standard InChI is InChI=1S/C21H23FN4O2S/c1-13-3-5-16(6-4-13)20-24-25-21(29)26(20)12-11-18(27)23-14(2)19(28)15-7-9-17(22)10-8-15/h3-10,14,19,28H,11-12H2,1-2H3,(H,23,27)(H,25,29)/t14-,19+/m1/s1. The molecule has 6 nitrogen and oxygen atoms in total. The molecular formula is C21H23FN4O2S. The lowest BCUT2D eigenvalue weighted by Crippen LogP contribution is -2.37. The maximum absolute atomic E-state index is 13.0. The van der Waals surface area contributed by atoms with Gasteiger partial charge in [0.15, 0.2) is 10.6 Å². The highest BCUT2D eigenvalue weighted by Crippen LogP contribution is 2.19. The van der Waals surface area contributed by atoms with Crippen molar-refractivity contribution >= 4 is 18.1 Å². The third kappa shape index (κ3) is 5.16. The van der Waals surface area contributed by atoms with Crippen LogP contribution in [0.15, 0.2) is 48.5 Å². The van der Waals surface area contributed by atoms with Crippen LogP contribution < -0.4 is 5.32 Å². The number of benzene rings is 2.